The first kappa shape index (κ1) is 28.4. The number of carbonyl (C=O) groups excluding carboxylic acids is 2. The van der Waals surface area contributed by atoms with E-state index in [-0.39, 0.29) is 46.4 Å². The van der Waals surface area contributed by atoms with Gasteiger partial charge in [0.15, 0.2) is 5.82 Å². The van der Waals surface area contributed by atoms with Crippen molar-refractivity contribution in [3.05, 3.63) is 53.3 Å². The quantitative estimate of drug-likeness (QED) is 0.416. The van der Waals surface area contributed by atoms with Crippen molar-refractivity contribution in [1.82, 2.24) is 19.8 Å². The average Bonchev–Trinajstić information content (AvgIpc) is 3.22. The molecule has 0 aliphatic carbocycles. The molecule has 0 radical (unpaired) electrons. The van der Waals surface area contributed by atoms with E-state index < -0.39 is 5.82 Å². The molecule has 3 aliphatic heterocycles. The van der Waals surface area contributed by atoms with E-state index in [9.17, 15) is 9.59 Å². The maximum Gasteiger partial charge on any atom is 0.246 e. The van der Waals surface area contributed by atoms with Gasteiger partial charge >= 0.3 is 0 Å². The van der Waals surface area contributed by atoms with Gasteiger partial charge in [-0.15, -0.1) is 0 Å². The molecule has 0 unspecified atom stereocenters. The zero-order valence-electron chi connectivity index (χ0n) is 24.6. The fraction of sp³-hybridized carbons (Fsp3) is 0.419. The molecule has 2 fully saturated rings. The Morgan fingerprint density at radius 1 is 1.14 bits per heavy atom. The molecular weight excluding hydrogens is 557 g/mol. The van der Waals surface area contributed by atoms with Crippen molar-refractivity contribution in [1.29, 1.82) is 0 Å². The molecule has 11 heteroatoms. The minimum Gasteiger partial charge on any atom is -0.349 e. The number of carbonyl (C=O) groups is 2. The highest BCUT2D eigenvalue weighted by atomic mass is 35.5. The van der Waals surface area contributed by atoms with Gasteiger partial charge in [-0.3, -0.25) is 9.59 Å². The molecule has 220 valence electrons. The summed E-state index contributed by atoms with van der Waals surface area (Å²) in [6.45, 7) is 10.1. The fourth-order valence-corrected chi connectivity index (χ4v) is 6.60. The van der Waals surface area contributed by atoms with Crippen molar-refractivity contribution in [2.24, 2.45) is 0 Å². The number of para-hydroxylation sites is 1. The summed E-state index contributed by atoms with van der Waals surface area (Å²) in [4.78, 5) is 44.5. The van der Waals surface area contributed by atoms with E-state index in [4.69, 9.17) is 21.6 Å². The number of nitrogens with zero attached hydrogens (tertiary/aromatic N) is 7. The first-order valence-corrected chi connectivity index (χ1v) is 14.6. The number of likely N-dealkylation sites (N-methyl/N-ethyl adjacent to an activating group) is 2. The van der Waals surface area contributed by atoms with Gasteiger partial charge in [0.05, 0.1) is 17.1 Å². The Bertz CT molecular complexity index is 1620. The van der Waals surface area contributed by atoms with Crippen LogP contribution < -0.4 is 14.7 Å². The van der Waals surface area contributed by atoms with E-state index in [0.717, 1.165) is 18.7 Å². The third-order valence-electron chi connectivity index (χ3n) is 8.88. The Morgan fingerprint density at radius 3 is 2.57 bits per heavy atom. The number of anilines is 3. The molecule has 2 atom stereocenters. The van der Waals surface area contributed by atoms with Gasteiger partial charge in [-0.05, 0) is 45.6 Å². The highest BCUT2D eigenvalue weighted by molar-refractivity contribution is 6.35. The molecule has 3 aliphatic rings. The third kappa shape index (κ3) is 4.48. The smallest absolute Gasteiger partial charge is 0.246 e. The van der Waals surface area contributed by atoms with Crippen LogP contribution in [0.4, 0.5) is 21.8 Å². The van der Waals surface area contributed by atoms with Gasteiger partial charge in [0.1, 0.15) is 11.3 Å². The molecule has 2 saturated heterocycles. The highest BCUT2D eigenvalue weighted by Crippen LogP contribution is 2.45. The number of benzene rings is 2. The Labute approximate surface area is 250 Å². The number of halogens is 2. The van der Waals surface area contributed by atoms with Gasteiger partial charge < -0.3 is 24.5 Å². The van der Waals surface area contributed by atoms with Gasteiger partial charge in [-0.1, -0.05) is 36.4 Å². The normalized spacial score (nSPS) is 20.9. The Kier molecular flexibility index (Phi) is 7.09. The third-order valence-corrected chi connectivity index (χ3v) is 9.18. The molecule has 0 bridgehead atoms. The number of aromatic nitrogens is 2. The zero-order chi connectivity index (χ0) is 30.0. The monoisotopic (exact) mass is 591 g/mol. The number of hydrogen-bond acceptors (Lipinski definition) is 7. The lowest BCUT2D eigenvalue weighted by Gasteiger charge is -2.45. The average molecular weight is 592 g/mol. The van der Waals surface area contributed by atoms with Crippen molar-refractivity contribution in [2.45, 2.75) is 38.4 Å². The van der Waals surface area contributed by atoms with Crippen LogP contribution in [0.3, 0.4) is 0 Å². The highest BCUT2D eigenvalue weighted by Gasteiger charge is 2.36. The Balaban J connectivity index is 1.52. The van der Waals surface area contributed by atoms with E-state index in [1.165, 1.54) is 6.08 Å². The van der Waals surface area contributed by atoms with Crippen molar-refractivity contribution in [3.63, 3.8) is 0 Å². The Hall–Kier alpha value is -3.76. The number of fused-ring (bicyclic) bond motifs is 2. The molecule has 2 amide bonds. The molecular formula is C31H35ClFN7O2. The van der Waals surface area contributed by atoms with Crippen LogP contribution in [0.2, 0.25) is 5.02 Å². The fourth-order valence-electron chi connectivity index (χ4n) is 6.30. The van der Waals surface area contributed by atoms with Gasteiger partial charge in [-0.25, -0.2) is 9.37 Å². The standard InChI is InChI=1S/C31H35ClFN7O2/c1-7-24(41)39-13-18(3)40(14-17(39)2)30-22-12-23(32)26(21-10-8-9-19-11-25(42)37(6)29(19)21)27(33)28(22)34-31(35-30)38-15-20(16-38)36(4)5/h7-10,12,17-18,20H,1,11,13-16H2,2-6H3/t17-,18+/m1/s1. The molecule has 1 aromatic heterocycles. The van der Waals surface area contributed by atoms with Crippen LogP contribution >= 0.6 is 11.6 Å². The van der Waals surface area contributed by atoms with E-state index >= 15 is 4.39 Å². The van der Waals surface area contributed by atoms with Crippen molar-refractivity contribution >= 4 is 51.8 Å². The van der Waals surface area contributed by atoms with E-state index in [0.29, 0.717) is 47.5 Å². The second-order valence-electron chi connectivity index (χ2n) is 11.8. The van der Waals surface area contributed by atoms with Crippen LogP contribution in [0, 0.1) is 5.82 Å². The lowest BCUT2D eigenvalue weighted by molar-refractivity contribution is -0.128. The molecule has 0 N–H and O–H groups in total. The summed E-state index contributed by atoms with van der Waals surface area (Å²) in [5.74, 6) is 0.334. The van der Waals surface area contributed by atoms with Crippen LogP contribution in [0.15, 0.2) is 36.9 Å². The minimum absolute atomic E-state index is 0.0490. The first-order valence-electron chi connectivity index (χ1n) is 14.2. The van der Waals surface area contributed by atoms with Gasteiger partial charge in [0.2, 0.25) is 17.8 Å². The van der Waals surface area contributed by atoms with Crippen LogP contribution in [-0.4, -0.2) is 97.0 Å². The Morgan fingerprint density at radius 2 is 1.88 bits per heavy atom. The molecule has 2 aromatic carbocycles. The van der Waals surface area contributed by atoms with Gasteiger partial charge in [-0.2, -0.15) is 4.98 Å². The van der Waals surface area contributed by atoms with Crippen LogP contribution in [0.25, 0.3) is 22.0 Å². The maximum atomic E-state index is 16.8. The molecule has 3 aromatic rings. The summed E-state index contributed by atoms with van der Waals surface area (Å²) in [5, 5.41) is 0.728. The lowest BCUT2D eigenvalue weighted by atomic mass is 9.97. The number of hydrogen-bond donors (Lipinski definition) is 0. The minimum atomic E-state index is -0.547. The summed E-state index contributed by atoms with van der Waals surface area (Å²) in [6, 6.07) is 7.39. The summed E-state index contributed by atoms with van der Waals surface area (Å²) in [5.41, 5.74) is 2.46. The predicted molar refractivity (Wildman–Crippen MR) is 165 cm³/mol. The second-order valence-corrected chi connectivity index (χ2v) is 12.2. The van der Waals surface area contributed by atoms with Crippen molar-refractivity contribution < 1.29 is 14.0 Å². The molecule has 42 heavy (non-hydrogen) atoms. The molecule has 9 nitrogen and oxygen atoms in total. The van der Waals surface area contributed by atoms with Gasteiger partial charge in [0, 0.05) is 67.9 Å². The van der Waals surface area contributed by atoms with Crippen LogP contribution in [0.5, 0.6) is 0 Å². The SMILES string of the molecule is C=CC(=O)N1C[C@H](C)N(c2nc(N3CC(N(C)C)C3)nc3c(F)c(-c4cccc5c4N(C)C(=O)C5)c(Cl)cc23)C[C@H]1C. The number of piperazine rings is 1. The van der Waals surface area contributed by atoms with Crippen molar-refractivity contribution in [3.8, 4) is 11.1 Å². The number of amides is 2. The van der Waals surface area contributed by atoms with E-state index in [1.54, 1.807) is 29.0 Å². The lowest BCUT2D eigenvalue weighted by Crippen LogP contribution is -2.59. The van der Waals surface area contributed by atoms with E-state index in [2.05, 4.69) is 21.3 Å². The summed E-state index contributed by atoms with van der Waals surface area (Å²) >= 11 is 6.89. The van der Waals surface area contributed by atoms with Crippen LogP contribution in [-0.2, 0) is 16.0 Å². The summed E-state index contributed by atoms with van der Waals surface area (Å²) in [6.07, 6.45) is 1.60. The molecule has 0 spiro atoms. The topological polar surface area (TPSA) is 76.1 Å². The second kappa shape index (κ2) is 10.5. The zero-order valence-corrected chi connectivity index (χ0v) is 25.3. The first-order chi connectivity index (χ1) is 20.0. The van der Waals surface area contributed by atoms with Crippen molar-refractivity contribution in [2.75, 3.05) is 62.0 Å². The van der Waals surface area contributed by atoms with E-state index in [1.807, 2.05) is 40.1 Å². The molecule has 6 rings (SSSR count). The van der Waals surface area contributed by atoms with Crippen LogP contribution in [0.1, 0.15) is 19.4 Å². The predicted octanol–water partition coefficient (Wildman–Crippen LogP) is 3.97. The van der Waals surface area contributed by atoms with Gasteiger partial charge in [0.25, 0.3) is 0 Å². The summed E-state index contributed by atoms with van der Waals surface area (Å²) < 4.78 is 16.8. The molecule has 4 heterocycles. The number of rotatable bonds is 5. The summed E-state index contributed by atoms with van der Waals surface area (Å²) in [7, 11) is 5.78. The maximum absolute atomic E-state index is 16.8. The molecule has 0 saturated carbocycles. The largest absolute Gasteiger partial charge is 0.349 e.